The van der Waals surface area contributed by atoms with Crippen molar-refractivity contribution in [2.45, 2.75) is 39.3 Å². The summed E-state index contributed by atoms with van der Waals surface area (Å²) in [5.74, 6) is 0.847. The molecule has 0 radical (unpaired) electrons. The van der Waals surface area contributed by atoms with Gasteiger partial charge in [-0.25, -0.2) is 9.67 Å². The third-order valence-electron chi connectivity index (χ3n) is 3.66. The third kappa shape index (κ3) is 5.21. The zero-order valence-corrected chi connectivity index (χ0v) is 14.0. The average molecular weight is 315 g/mol. The van der Waals surface area contributed by atoms with Crippen LogP contribution in [0.2, 0.25) is 0 Å². The van der Waals surface area contributed by atoms with E-state index in [1.54, 1.807) is 11.0 Å². The Morgan fingerprint density at radius 2 is 1.96 bits per heavy atom. The van der Waals surface area contributed by atoms with Gasteiger partial charge in [-0.05, 0) is 24.0 Å². The Bertz CT molecular complexity index is 588. The van der Waals surface area contributed by atoms with Crippen molar-refractivity contribution in [1.82, 2.24) is 14.8 Å². The summed E-state index contributed by atoms with van der Waals surface area (Å²) in [6, 6.07) is 9.55. The molecule has 1 N–H and O–H groups in total. The standard InChI is InChI=1S/C18H25N3O2/c1-18(2,3)17(22)16(21-14-19-13-20-21)11-7-8-12-23-15-9-5-4-6-10-15/h4-10,13-14,16-17,22H,11-12H2,1-3H3/t16-,17-/m0/s1. The molecule has 23 heavy (non-hydrogen) atoms. The number of hydrogen-bond donors (Lipinski definition) is 1. The lowest BCUT2D eigenvalue weighted by atomic mass is 9.83. The van der Waals surface area contributed by atoms with E-state index < -0.39 is 6.10 Å². The van der Waals surface area contributed by atoms with Gasteiger partial charge in [0.15, 0.2) is 0 Å². The zero-order chi connectivity index (χ0) is 16.7. The van der Waals surface area contributed by atoms with E-state index in [4.69, 9.17) is 4.74 Å². The van der Waals surface area contributed by atoms with E-state index in [-0.39, 0.29) is 11.5 Å². The van der Waals surface area contributed by atoms with E-state index in [0.717, 1.165) is 5.75 Å². The fourth-order valence-electron chi connectivity index (χ4n) is 2.31. The molecule has 0 aliphatic heterocycles. The number of para-hydroxylation sites is 1. The molecular weight excluding hydrogens is 290 g/mol. The van der Waals surface area contributed by atoms with Gasteiger partial charge >= 0.3 is 0 Å². The van der Waals surface area contributed by atoms with Gasteiger partial charge in [-0.3, -0.25) is 0 Å². The second-order valence-electron chi connectivity index (χ2n) is 6.58. The topological polar surface area (TPSA) is 60.2 Å². The van der Waals surface area contributed by atoms with Crippen molar-refractivity contribution in [3.63, 3.8) is 0 Å². The highest BCUT2D eigenvalue weighted by Crippen LogP contribution is 2.30. The molecule has 0 fully saturated rings. The quantitative estimate of drug-likeness (QED) is 0.797. The van der Waals surface area contributed by atoms with Crippen molar-refractivity contribution in [1.29, 1.82) is 0 Å². The van der Waals surface area contributed by atoms with Crippen LogP contribution in [0.25, 0.3) is 0 Å². The number of ether oxygens (including phenoxy) is 1. The van der Waals surface area contributed by atoms with Crippen LogP contribution in [0.3, 0.4) is 0 Å². The van der Waals surface area contributed by atoms with Gasteiger partial charge in [-0.2, -0.15) is 5.10 Å². The van der Waals surface area contributed by atoms with Crippen molar-refractivity contribution in [2.75, 3.05) is 6.61 Å². The molecule has 124 valence electrons. The number of aliphatic hydroxyl groups excluding tert-OH is 1. The first-order valence-electron chi connectivity index (χ1n) is 7.83. The molecule has 0 amide bonds. The number of allylic oxidation sites excluding steroid dienone is 1. The van der Waals surface area contributed by atoms with Gasteiger partial charge in [0.2, 0.25) is 0 Å². The Labute approximate surface area is 137 Å². The van der Waals surface area contributed by atoms with E-state index in [2.05, 4.69) is 10.1 Å². The maximum atomic E-state index is 10.6. The fraction of sp³-hybridized carbons (Fsp3) is 0.444. The van der Waals surface area contributed by atoms with E-state index >= 15 is 0 Å². The Hall–Kier alpha value is -2.14. The van der Waals surface area contributed by atoms with E-state index in [0.29, 0.717) is 13.0 Å². The summed E-state index contributed by atoms with van der Waals surface area (Å²) in [6.45, 7) is 6.55. The third-order valence-corrected chi connectivity index (χ3v) is 3.66. The van der Waals surface area contributed by atoms with Crippen LogP contribution >= 0.6 is 0 Å². The van der Waals surface area contributed by atoms with Gasteiger partial charge in [-0.15, -0.1) is 0 Å². The molecule has 1 aromatic heterocycles. The Morgan fingerprint density at radius 3 is 2.57 bits per heavy atom. The second kappa shape index (κ2) is 7.92. The minimum atomic E-state index is -0.524. The minimum absolute atomic E-state index is 0.148. The van der Waals surface area contributed by atoms with Gasteiger partial charge in [0.1, 0.15) is 25.0 Å². The minimum Gasteiger partial charge on any atom is -0.490 e. The van der Waals surface area contributed by atoms with Crippen LogP contribution in [-0.4, -0.2) is 32.6 Å². The van der Waals surface area contributed by atoms with Crippen molar-refractivity contribution in [3.8, 4) is 5.75 Å². The molecule has 5 heteroatoms. The first-order chi connectivity index (χ1) is 11.0. The molecule has 0 saturated carbocycles. The van der Waals surface area contributed by atoms with Gasteiger partial charge in [0, 0.05) is 0 Å². The van der Waals surface area contributed by atoms with Gasteiger partial charge in [0.25, 0.3) is 0 Å². The molecule has 0 unspecified atom stereocenters. The van der Waals surface area contributed by atoms with Gasteiger partial charge in [-0.1, -0.05) is 51.1 Å². The highest BCUT2D eigenvalue weighted by molar-refractivity contribution is 5.21. The van der Waals surface area contributed by atoms with Gasteiger partial charge in [0.05, 0.1) is 12.1 Å². The van der Waals surface area contributed by atoms with Crippen LogP contribution in [-0.2, 0) is 0 Å². The largest absolute Gasteiger partial charge is 0.490 e. The summed E-state index contributed by atoms with van der Waals surface area (Å²) in [6.07, 6.45) is 7.26. The number of hydrogen-bond acceptors (Lipinski definition) is 4. The predicted octanol–water partition coefficient (Wildman–Crippen LogP) is 3.25. The van der Waals surface area contributed by atoms with Crippen molar-refractivity contribution >= 4 is 0 Å². The van der Waals surface area contributed by atoms with Crippen molar-refractivity contribution in [3.05, 3.63) is 55.1 Å². The lowest BCUT2D eigenvalue weighted by Gasteiger charge is -2.32. The first-order valence-corrected chi connectivity index (χ1v) is 7.83. The molecular formula is C18H25N3O2. The van der Waals surface area contributed by atoms with E-state index in [1.807, 2.05) is 63.3 Å². The van der Waals surface area contributed by atoms with E-state index in [9.17, 15) is 5.11 Å². The monoisotopic (exact) mass is 315 g/mol. The molecule has 0 spiro atoms. The van der Waals surface area contributed by atoms with Crippen LogP contribution in [0.15, 0.2) is 55.1 Å². The molecule has 1 heterocycles. The summed E-state index contributed by atoms with van der Waals surface area (Å²) < 4.78 is 7.34. The summed E-state index contributed by atoms with van der Waals surface area (Å²) in [7, 11) is 0. The summed E-state index contributed by atoms with van der Waals surface area (Å²) in [4.78, 5) is 3.98. The number of aliphatic hydroxyl groups is 1. The highest BCUT2D eigenvalue weighted by atomic mass is 16.5. The number of aromatic nitrogens is 3. The summed E-state index contributed by atoms with van der Waals surface area (Å²) in [5, 5.41) is 14.8. The Balaban J connectivity index is 1.92. The molecule has 5 nitrogen and oxygen atoms in total. The molecule has 0 aliphatic rings. The second-order valence-corrected chi connectivity index (χ2v) is 6.58. The highest BCUT2D eigenvalue weighted by Gasteiger charge is 2.31. The van der Waals surface area contributed by atoms with Crippen molar-refractivity contribution < 1.29 is 9.84 Å². The average Bonchev–Trinajstić information content (AvgIpc) is 3.04. The maximum Gasteiger partial charge on any atom is 0.137 e. The van der Waals surface area contributed by atoms with Crippen LogP contribution < -0.4 is 4.74 Å². The summed E-state index contributed by atoms with van der Waals surface area (Å²) >= 11 is 0. The smallest absolute Gasteiger partial charge is 0.137 e. The molecule has 1 aromatic carbocycles. The van der Waals surface area contributed by atoms with E-state index in [1.165, 1.54) is 6.33 Å². The lowest BCUT2D eigenvalue weighted by molar-refractivity contribution is 0.0133. The van der Waals surface area contributed by atoms with Crippen LogP contribution in [0.4, 0.5) is 0 Å². The molecule has 0 bridgehead atoms. The molecule has 2 aromatic rings. The van der Waals surface area contributed by atoms with Crippen molar-refractivity contribution in [2.24, 2.45) is 5.41 Å². The first kappa shape index (κ1) is 17.2. The number of nitrogens with zero attached hydrogens (tertiary/aromatic N) is 3. The van der Waals surface area contributed by atoms with Crippen LogP contribution in [0.1, 0.15) is 33.2 Å². The predicted molar refractivity (Wildman–Crippen MR) is 90.2 cm³/mol. The Kier molecular flexibility index (Phi) is 5.93. The molecule has 2 rings (SSSR count). The summed E-state index contributed by atoms with van der Waals surface area (Å²) in [5.41, 5.74) is -0.231. The van der Waals surface area contributed by atoms with Crippen LogP contribution in [0, 0.1) is 5.41 Å². The van der Waals surface area contributed by atoms with Gasteiger partial charge < -0.3 is 9.84 Å². The number of rotatable bonds is 7. The zero-order valence-electron chi connectivity index (χ0n) is 14.0. The maximum absolute atomic E-state index is 10.6. The number of benzene rings is 1. The normalized spacial score (nSPS) is 14.8. The molecule has 0 aliphatic carbocycles. The molecule has 0 saturated heterocycles. The van der Waals surface area contributed by atoms with Crippen LogP contribution in [0.5, 0.6) is 5.75 Å². The fourth-order valence-corrected chi connectivity index (χ4v) is 2.31. The lowest BCUT2D eigenvalue weighted by Crippen LogP contribution is -2.35. The Morgan fingerprint density at radius 1 is 1.22 bits per heavy atom. The SMILES string of the molecule is CC(C)(C)[C@@H](O)[C@H](CC=CCOc1ccccc1)n1cncn1. The molecule has 2 atom stereocenters.